The normalized spacial score (nSPS) is 32.3. The Kier molecular flexibility index (Phi) is 4.18. The van der Waals surface area contributed by atoms with Crippen LogP contribution in [0.5, 0.6) is 0 Å². The van der Waals surface area contributed by atoms with Crippen molar-refractivity contribution in [2.45, 2.75) is 51.9 Å². The number of hydrogen-bond acceptors (Lipinski definition) is 4. The minimum atomic E-state index is -0.306. The highest BCUT2D eigenvalue weighted by Gasteiger charge is 2.54. The van der Waals surface area contributed by atoms with Gasteiger partial charge < -0.3 is 10.2 Å². The van der Waals surface area contributed by atoms with Crippen LogP contribution in [-0.4, -0.2) is 11.9 Å². The van der Waals surface area contributed by atoms with E-state index in [4.69, 9.17) is 4.84 Å². The lowest BCUT2D eigenvalue weighted by Gasteiger charge is -2.55. The fourth-order valence-corrected chi connectivity index (χ4v) is 5.46. The third kappa shape index (κ3) is 3.24. The zero-order valence-corrected chi connectivity index (χ0v) is 14.7. The minimum Gasteiger partial charge on any atom is -0.343 e. The molecule has 0 aromatic heterocycles. The number of rotatable bonds is 5. The maximum atomic E-state index is 13.0. The fourth-order valence-electron chi connectivity index (χ4n) is 5.46. The third-order valence-electron chi connectivity index (χ3n) is 6.23. The molecule has 0 unspecified atom stereocenters. The lowest BCUT2D eigenvalue weighted by Crippen LogP contribution is -2.51. The molecule has 4 aliphatic carbocycles. The smallest absolute Gasteiger partial charge is 0.331 e. The van der Waals surface area contributed by atoms with Gasteiger partial charge in [-0.25, -0.2) is 10.3 Å². The van der Waals surface area contributed by atoms with E-state index >= 15 is 0 Å². The molecule has 0 radical (unpaired) electrons. The Morgan fingerprint density at radius 3 is 2.04 bits per heavy atom. The topological polar surface area (TPSA) is 67.4 Å². The van der Waals surface area contributed by atoms with E-state index in [0.29, 0.717) is 12.1 Å². The van der Waals surface area contributed by atoms with Crippen molar-refractivity contribution in [3.63, 3.8) is 0 Å². The largest absolute Gasteiger partial charge is 0.343 e. The Labute approximate surface area is 148 Å². The summed E-state index contributed by atoms with van der Waals surface area (Å²) < 4.78 is 0. The molecule has 2 N–H and O–H groups in total. The fraction of sp³-hybridized carbons (Fsp3) is 0.600. The summed E-state index contributed by atoms with van der Waals surface area (Å²) in [6.45, 7) is 1.74. The van der Waals surface area contributed by atoms with Crippen LogP contribution in [0, 0.1) is 23.2 Å². The zero-order chi connectivity index (χ0) is 17.4. The number of carbonyl (C=O) groups is 2. The Morgan fingerprint density at radius 1 is 1.00 bits per heavy atom. The van der Waals surface area contributed by atoms with E-state index in [-0.39, 0.29) is 17.3 Å². The molecule has 0 atom stereocenters. The number of nitrogens with one attached hydrogen (secondary N) is 2. The average molecular weight is 342 g/mol. The van der Waals surface area contributed by atoms with E-state index in [2.05, 4.69) is 10.8 Å². The molecular weight excluding hydrogens is 316 g/mol. The molecule has 0 saturated heterocycles. The number of amides is 1. The van der Waals surface area contributed by atoms with Gasteiger partial charge >= 0.3 is 5.97 Å². The van der Waals surface area contributed by atoms with Crippen LogP contribution in [-0.2, 0) is 14.4 Å². The Morgan fingerprint density at radius 2 is 1.52 bits per heavy atom. The predicted octanol–water partition coefficient (Wildman–Crippen LogP) is 4.12. The van der Waals surface area contributed by atoms with Crippen LogP contribution < -0.4 is 10.8 Å². The van der Waals surface area contributed by atoms with E-state index in [9.17, 15) is 9.59 Å². The van der Waals surface area contributed by atoms with Gasteiger partial charge in [0.15, 0.2) is 0 Å². The summed E-state index contributed by atoms with van der Waals surface area (Å²) in [5.74, 6) is 2.18. The van der Waals surface area contributed by atoms with Gasteiger partial charge in [0.2, 0.25) is 5.91 Å². The van der Waals surface area contributed by atoms with Gasteiger partial charge in [-0.15, -0.1) is 0 Å². The van der Waals surface area contributed by atoms with Gasteiger partial charge in [0, 0.05) is 12.1 Å². The molecule has 4 aliphatic rings. The van der Waals surface area contributed by atoms with Gasteiger partial charge in [0.05, 0.1) is 11.1 Å². The highest BCUT2D eigenvalue weighted by molar-refractivity contribution is 5.95. The van der Waals surface area contributed by atoms with Crippen molar-refractivity contribution >= 4 is 23.3 Å². The SMILES string of the molecule is CCC(=O)ONc1ccc(NC(=O)C23CC4CC(CC(C4)C2)C3)cc1. The Balaban J connectivity index is 1.39. The first-order valence-corrected chi connectivity index (χ1v) is 9.43. The van der Waals surface area contributed by atoms with Crippen LogP contribution in [0.4, 0.5) is 11.4 Å². The summed E-state index contributed by atoms with van der Waals surface area (Å²) in [6.07, 6.45) is 7.54. The summed E-state index contributed by atoms with van der Waals surface area (Å²) in [4.78, 5) is 29.1. The van der Waals surface area contributed by atoms with Crippen LogP contribution in [0.1, 0.15) is 51.9 Å². The first-order chi connectivity index (χ1) is 12.1. The van der Waals surface area contributed by atoms with Crippen molar-refractivity contribution in [2.75, 3.05) is 10.8 Å². The molecule has 4 fully saturated rings. The number of carbonyl (C=O) groups excluding carboxylic acids is 2. The van der Waals surface area contributed by atoms with E-state index < -0.39 is 0 Å². The van der Waals surface area contributed by atoms with Gasteiger partial charge in [-0.2, -0.15) is 0 Å². The summed E-state index contributed by atoms with van der Waals surface area (Å²) in [5, 5.41) is 3.13. The highest BCUT2D eigenvalue weighted by Crippen LogP contribution is 2.60. The molecule has 134 valence electrons. The van der Waals surface area contributed by atoms with E-state index in [0.717, 1.165) is 42.7 Å². The van der Waals surface area contributed by atoms with Crippen molar-refractivity contribution in [3.8, 4) is 0 Å². The first-order valence-electron chi connectivity index (χ1n) is 9.43. The van der Waals surface area contributed by atoms with E-state index in [1.54, 1.807) is 19.1 Å². The van der Waals surface area contributed by atoms with Crippen molar-refractivity contribution in [1.82, 2.24) is 0 Å². The first kappa shape index (κ1) is 16.4. The second-order valence-electron chi connectivity index (χ2n) is 8.16. The number of anilines is 2. The number of benzene rings is 1. The number of hydrogen-bond donors (Lipinski definition) is 2. The van der Waals surface area contributed by atoms with Gasteiger partial charge in [-0.1, -0.05) is 6.92 Å². The second-order valence-corrected chi connectivity index (χ2v) is 8.16. The third-order valence-corrected chi connectivity index (χ3v) is 6.23. The molecule has 4 saturated carbocycles. The Bertz CT molecular complexity index is 633. The lowest BCUT2D eigenvalue weighted by atomic mass is 9.49. The molecule has 0 heterocycles. The van der Waals surface area contributed by atoms with Crippen molar-refractivity contribution in [2.24, 2.45) is 23.2 Å². The highest BCUT2D eigenvalue weighted by atomic mass is 16.7. The van der Waals surface area contributed by atoms with Gasteiger partial charge in [0.25, 0.3) is 0 Å². The average Bonchev–Trinajstić information content (AvgIpc) is 2.59. The lowest BCUT2D eigenvalue weighted by molar-refractivity contribution is -0.141. The standard InChI is InChI=1S/C20H26N2O3/c1-2-18(23)25-22-17-5-3-16(4-6-17)21-19(24)20-10-13-7-14(11-20)9-15(8-13)12-20/h3-6,13-15,22H,2,7-12H2,1H3,(H,21,24). The molecule has 5 rings (SSSR count). The van der Waals surface area contributed by atoms with Gasteiger partial charge in [-0.05, 0) is 80.5 Å². The summed E-state index contributed by atoms with van der Waals surface area (Å²) >= 11 is 0. The van der Waals surface area contributed by atoms with Crippen molar-refractivity contribution in [3.05, 3.63) is 24.3 Å². The molecule has 4 bridgehead atoms. The molecule has 1 aromatic carbocycles. The quantitative estimate of drug-likeness (QED) is 0.790. The summed E-state index contributed by atoms with van der Waals surface area (Å²) in [5.41, 5.74) is 3.97. The molecule has 25 heavy (non-hydrogen) atoms. The Hall–Kier alpha value is -2.04. The molecule has 5 nitrogen and oxygen atoms in total. The van der Waals surface area contributed by atoms with Crippen LogP contribution in [0.2, 0.25) is 0 Å². The molecular formula is C20H26N2O3. The molecule has 0 spiro atoms. The molecule has 5 heteroatoms. The van der Waals surface area contributed by atoms with Gasteiger partial charge in [-0.3, -0.25) is 4.79 Å². The summed E-state index contributed by atoms with van der Waals surface area (Å²) in [7, 11) is 0. The second kappa shape index (κ2) is 6.36. The van der Waals surface area contributed by atoms with Crippen LogP contribution in [0.25, 0.3) is 0 Å². The van der Waals surface area contributed by atoms with E-state index in [1.807, 2.05) is 12.1 Å². The van der Waals surface area contributed by atoms with Gasteiger partial charge in [0.1, 0.15) is 0 Å². The predicted molar refractivity (Wildman–Crippen MR) is 95.7 cm³/mol. The maximum Gasteiger partial charge on any atom is 0.331 e. The van der Waals surface area contributed by atoms with Crippen LogP contribution in [0.3, 0.4) is 0 Å². The van der Waals surface area contributed by atoms with Crippen LogP contribution in [0.15, 0.2) is 24.3 Å². The van der Waals surface area contributed by atoms with Crippen molar-refractivity contribution in [1.29, 1.82) is 0 Å². The maximum absolute atomic E-state index is 13.0. The monoisotopic (exact) mass is 342 g/mol. The minimum absolute atomic E-state index is 0.137. The molecule has 1 amide bonds. The molecule has 0 aliphatic heterocycles. The van der Waals surface area contributed by atoms with E-state index in [1.165, 1.54) is 19.3 Å². The van der Waals surface area contributed by atoms with Crippen LogP contribution >= 0.6 is 0 Å². The summed E-state index contributed by atoms with van der Waals surface area (Å²) in [6, 6.07) is 7.30. The van der Waals surface area contributed by atoms with Crippen molar-refractivity contribution < 1.29 is 14.4 Å². The zero-order valence-electron chi connectivity index (χ0n) is 14.7. The molecule has 1 aromatic rings.